The summed E-state index contributed by atoms with van der Waals surface area (Å²) in [6, 6.07) is 0. The van der Waals surface area contributed by atoms with Crippen LogP contribution in [0.1, 0.15) is 38.9 Å². The fourth-order valence-corrected chi connectivity index (χ4v) is 2.77. The predicted molar refractivity (Wildman–Crippen MR) is 93.8 cm³/mol. The molecule has 1 saturated heterocycles. The van der Waals surface area contributed by atoms with Crippen LogP contribution in [0.4, 0.5) is 0 Å². The maximum absolute atomic E-state index is 12.2. The summed E-state index contributed by atoms with van der Waals surface area (Å²) in [5.41, 5.74) is 0. The van der Waals surface area contributed by atoms with E-state index in [9.17, 15) is 4.79 Å². The van der Waals surface area contributed by atoms with Crippen molar-refractivity contribution in [1.82, 2.24) is 30.3 Å². The van der Waals surface area contributed by atoms with Gasteiger partial charge in [0, 0.05) is 39.1 Å². The quantitative estimate of drug-likeness (QED) is 0.557. The van der Waals surface area contributed by atoms with Crippen LogP contribution in [0.25, 0.3) is 0 Å². The van der Waals surface area contributed by atoms with E-state index in [0.717, 1.165) is 51.3 Å². The number of carbonyl (C=O) groups is 1. The van der Waals surface area contributed by atoms with Crippen LogP contribution >= 0.6 is 0 Å². The lowest BCUT2D eigenvalue weighted by Crippen LogP contribution is -2.41. The van der Waals surface area contributed by atoms with Gasteiger partial charge in [-0.2, -0.15) is 0 Å². The molecule has 2 N–H and O–H groups in total. The highest BCUT2D eigenvalue weighted by Gasteiger charge is 2.15. The average Bonchev–Trinajstić information content (AvgIpc) is 3.07. The van der Waals surface area contributed by atoms with E-state index in [1.165, 1.54) is 6.42 Å². The summed E-state index contributed by atoms with van der Waals surface area (Å²) < 4.78 is 2.02. The lowest BCUT2D eigenvalue weighted by atomic mass is 10.1. The van der Waals surface area contributed by atoms with E-state index in [2.05, 4.69) is 32.7 Å². The number of aromatic nitrogens is 3. The Bertz CT molecular complexity index is 534. The number of piperidine rings is 1. The molecule has 0 saturated carbocycles. The Kier molecular flexibility index (Phi) is 7.51. The summed E-state index contributed by atoms with van der Waals surface area (Å²) in [5.74, 6) is 1.76. The van der Waals surface area contributed by atoms with Crippen molar-refractivity contribution in [1.29, 1.82) is 0 Å². The Morgan fingerprint density at radius 3 is 2.75 bits per heavy atom. The van der Waals surface area contributed by atoms with E-state index in [4.69, 9.17) is 0 Å². The third-order valence-corrected chi connectivity index (χ3v) is 4.08. The number of aryl methyl sites for hydroxylation is 1. The van der Waals surface area contributed by atoms with Gasteiger partial charge in [0.2, 0.25) is 5.91 Å². The zero-order valence-electron chi connectivity index (χ0n) is 14.8. The summed E-state index contributed by atoms with van der Waals surface area (Å²) in [6.45, 7) is 8.23. The third kappa shape index (κ3) is 5.50. The minimum Gasteiger partial charge on any atom is -0.357 e. The number of guanidine groups is 1. The van der Waals surface area contributed by atoms with Crippen molar-refractivity contribution in [3.8, 4) is 0 Å². The van der Waals surface area contributed by atoms with Crippen LogP contribution in [0.15, 0.2) is 11.3 Å². The van der Waals surface area contributed by atoms with Gasteiger partial charge in [0.05, 0.1) is 0 Å². The molecule has 1 aromatic heterocycles. The number of aliphatic imine (C=N–C) groups is 1. The Hall–Kier alpha value is -2.12. The van der Waals surface area contributed by atoms with E-state index in [-0.39, 0.29) is 12.5 Å². The molecule has 0 unspecified atom stereocenters. The molecule has 0 aliphatic carbocycles. The van der Waals surface area contributed by atoms with Crippen LogP contribution in [0, 0.1) is 0 Å². The van der Waals surface area contributed by atoms with Crippen LogP contribution in [-0.2, 0) is 17.8 Å². The normalized spacial score (nSPS) is 15.4. The second-order valence-electron chi connectivity index (χ2n) is 5.86. The Labute approximate surface area is 143 Å². The molecule has 2 rings (SSSR count). The number of hydrogen-bond acceptors (Lipinski definition) is 4. The Morgan fingerprint density at radius 2 is 2.04 bits per heavy atom. The highest BCUT2D eigenvalue weighted by Crippen LogP contribution is 2.08. The molecule has 1 fully saturated rings. The Balaban J connectivity index is 1.80. The van der Waals surface area contributed by atoms with Gasteiger partial charge in [0.1, 0.15) is 18.7 Å². The highest BCUT2D eigenvalue weighted by atomic mass is 16.2. The first-order chi connectivity index (χ1) is 11.7. The van der Waals surface area contributed by atoms with Crippen LogP contribution in [0.5, 0.6) is 0 Å². The molecule has 0 spiro atoms. The van der Waals surface area contributed by atoms with Crippen molar-refractivity contribution >= 4 is 11.9 Å². The second-order valence-corrected chi connectivity index (χ2v) is 5.86. The molecule has 0 aromatic carbocycles. The van der Waals surface area contributed by atoms with Gasteiger partial charge in [-0.25, -0.2) is 4.99 Å². The van der Waals surface area contributed by atoms with Crippen LogP contribution in [0.3, 0.4) is 0 Å². The molecule has 134 valence electrons. The van der Waals surface area contributed by atoms with Crippen molar-refractivity contribution < 1.29 is 4.79 Å². The average molecular weight is 335 g/mol. The van der Waals surface area contributed by atoms with E-state index >= 15 is 0 Å². The van der Waals surface area contributed by atoms with E-state index in [1.54, 1.807) is 6.33 Å². The smallest absolute Gasteiger partial charge is 0.244 e. The number of nitrogens with one attached hydrogen (secondary N) is 2. The highest BCUT2D eigenvalue weighted by molar-refractivity contribution is 5.84. The van der Waals surface area contributed by atoms with Crippen molar-refractivity contribution in [3.05, 3.63) is 12.2 Å². The topological polar surface area (TPSA) is 87.4 Å². The molecule has 2 heterocycles. The number of carbonyl (C=O) groups excluding carboxylic acids is 1. The van der Waals surface area contributed by atoms with E-state index in [1.807, 2.05) is 16.4 Å². The third-order valence-electron chi connectivity index (χ3n) is 4.08. The molecule has 0 bridgehead atoms. The first-order valence-electron chi connectivity index (χ1n) is 8.91. The predicted octanol–water partition coefficient (Wildman–Crippen LogP) is 0.408. The number of amides is 1. The molecule has 24 heavy (non-hydrogen) atoms. The second kappa shape index (κ2) is 9.89. The summed E-state index contributed by atoms with van der Waals surface area (Å²) in [4.78, 5) is 18.5. The first kappa shape index (κ1) is 18.2. The van der Waals surface area contributed by atoms with Crippen LogP contribution in [0.2, 0.25) is 0 Å². The fourth-order valence-electron chi connectivity index (χ4n) is 2.77. The van der Waals surface area contributed by atoms with Gasteiger partial charge in [-0.3, -0.25) is 4.79 Å². The Morgan fingerprint density at radius 1 is 1.25 bits per heavy atom. The van der Waals surface area contributed by atoms with E-state index in [0.29, 0.717) is 12.5 Å². The maximum atomic E-state index is 12.2. The minimum atomic E-state index is 0.110. The van der Waals surface area contributed by atoms with Crippen molar-refractivity contribution in [2.75, 3.05) is 32.7 Å². The molecular weight excluding hydrogens is 306 g/mol. The molecule has 1 aliphatic heterocycles. The molecule has 0 atom stereocenters. The standard InChI is InChI=1S/C16H29N7O/c1-3-14-21-20-13-23(14)11-8-18-16(17-4-2)19-12-15(24)22-9-6-5-7-10-22/h13H,3-12H2,1-2H3,(H2,17,18,19). The van der Waals surface area contributed by atoms with Crippen molar-refractivity contribution in [3.63, 3.8) is 0 Å². The zero-order valence-corrected chi connectivity index (χ0v) is 14.8. The summed E-state index contributed by atoms with van der Waals surface area (Å²) in [5, 5.41) is 14.4. The van der Waals surface area contributed by atoms with Crippen molar-refractivity contribution in [2.45, 2.75) is 46.1 Å². The summed E-state index contributed by atoms with van der Waals surface area (Å²) >= 11 is 0. The molecule has 8 nitrogen and oxygen atoms in total. The molecule has 1 aromatic rings. The molecule has 8 heteroatoms. The molecular formula is C16H29N7O. The monoisotopic (exact) mass is 335 g/mol. The zero-order chi connectivity index (χ0) is 17.2. The SMILES string of the molecule is CCNC(=NCC(=O)N1CCCCC1)NCCn1cnnc1CC. The summed E-state index contributed by atoms with van der Waals surface area (Å²) in [7, 11) is 0. The lowest BCUT2D eigenvalue weighted by Gasteiger charge is -2.26. The van der Waals surface area contributed by atoms with Gasteiger partial charge < -0.3 is 20.1 Å². The largest absolute Gasteiger partial charge is 0.357 e. The molecule has 1 amide bonds. The van der Waals surface area contributed by atoms with Crippen LogP contribution in [-0.4, -0.2) is 64.3 Å². The van der Waals surface area contributed by atoms with Gasteiger partial charge >= 0.3 is 0 Å². The number of hydrogen-bond donors (Lipinski definition) is 2. The first-order valence-corrected chi connectivity index (χ1v) is 8.91. The number of nitrogens with zero attached hydrogens (tertiary/aromatic N) is 5. The minimum absolute atomic E-state index is 0.110. The number of rotatable bonds is 7. The summed E-state index contributed by atoms with van der Waals surface area (Å²) in [6.07, 6.45) is 6.03. The van der Waals surface area contributed by atoms with Gasteiger partial charge in [0.15, 0.2) is 5.96 Å². The van der Waals surface area contributed by atoms with Gasteiger partial charge in [-0.15, -0.1) is 10.2 Å². The molecule has 1 aliphatic rings. The van der Waals surface area contributed by atoms with Gasteiger partial charge in [-0.05, 0) is 26.2 Å². The van der Waals surface area contributed by atoms with Gasteiger partial charge in [0.25, 0.3) is 0 Å². The molecule has 0 radical (unpaired) electrons. The van der Waals surface area contributed by atoms with Crippen LogP contribution < -0.4 is 10.6 Å². The van der Waals surface area contributed by atoms with E-state index < -0.39 is 0 Å². The number of likely N-dealkylation sites (tertiary alicyclic amines) is 1. The fraction of sp³-hybridized carbons (Fsp3) is 0.750. The van der Waals surface area contributed by atoms with Gasteiger partial charge in [-0.1, -0.05) is 6.92 Å². The van der Waals surface area contributed by atoms with Crippen molar-refractivity contribution in [2.24, 2.45) is 4.99 Å². The maximum Gasteiger partial charge on any atom is 0.244 e. The lowest BCUT2D eigenvalue weighted by molar-refractivity contribution is -0.130.